The van der Waals surface area contributed by atoms with Crippen LogP contribution in [0.1, 0.15) is 36.5 Å². The van der Waals surface area contributed by atoms with E-state index in [1.807, 2.05) is 24.3 Å². The average molecular weight is 364 g/mol. The molecule has 0 saturated carbocycles. The molecule has 0 aromatic heterocycles. The van der Waals surface area contributed by atoms with E-state index in [0.717, 1.165) is 54.6 Å². The molecule has 0 bridgehead atoms. The molecule has 1 heterocycles. The third kappa shape index (κ3) is 4.95. The minimum atomic E-state index is 0.0676. The lowest BCUT2D eigenvalue weighted by Crippen LogP contribution is -2.37. The minimum Gasteiger partial charge on any atom is -0.384 e. The number of nitrogens with one attached hydrogen (secondary N) is 3. The van der Waals surface area contributed by atoms with Crippen molar-refractivity contribution in [1.82, 2.24) is 10.6 Å². The number of rotatable bonds is 6. The monoisotopic (exact) mass is 364 g/mol. The van der Waals surface area contributed by atoms with Gasteiger partial charge in [-0.25, -0.2) is 0 Å². The maximum Gasteiger partial charge on any atom is 0.223 e. The van der Waals surface area contributed by atoms with Gasteiger partial charge < -0.3 is 16.4 Å². The van der Waals surface area contributed by atoms with Gasteiger partial charge in [0.15, 0.2) is 0 Å². The largest absolute Gasteiger partial charge is 0.384 e. The standard InChI is InChI=1S/C22H28N4O/c1-2-15-10-16(14-26-22(27)17-6-8-25-9-7-17)12-20(11-15)18-4-3-5-19(13-18)21(23)24/h3-5,10-13,17,25H,2,6-9,14H2,1H3,(H3,23,24)(H,26,27). The number of benzene rings is 2. The molecule has 1 aliphatic rings. The summed E-state index contributed by atoms with van der Waals surface area (Å²) in [6.45, 7) is 4.50. The zero-order valence-corrected chi connectivity index (χ0v) is 15.8. The lowest BCUT2D eigenvalue weighted by molar-refractivity contribution is -0.125. The van der Waals surface area contributed by atoms with Crippen LogP contribution < -0.4 is 16.4 Å². The highest BCUT2D eigenvalue weighted by Crippen LogP contribution is 2.24. The van der Waals surface area contributed by atoms with Gasteiger partial charge in [-0.05, 0) is 66.7 Å². The number of hydrogen-bond acceptors (Lipinski definition) is 3. The lowest BCUT2D eigenvalue weighted by atomic mass is 9.96. The van der Waals surface area contributed by atoms with Crippen LogP contribution in [0.15, 0.2) is 42.5 Å². The molecule has 0 aliphatic carbocycles. The fraction of sp³-hybridized carbons (Fsp3) is 0.364. The topological polar surface area (TPSA) is 91.0 Å². The van der Waals surface area contributed by atoms with E-state index in [9.17, 15) is 4.79 Å². The van der Waals surface area contributed by atoms with Gasteiger partial charge >= 0.3 is 0 Å². The normalized spacial score (nSPS) is 14.7. The van der Waals surface area contributed by atoms with E-state index in [-0.39, 0.29) is 17.7 Å². The summed E-state index contributed by atoms with van der Waals surface area (Å²) in [6, 6.07) is 14.2. The van der Waals surface area contributed by atoms with Gasteiger partial charge in [-0.2, -0.15) is 0 Å². The fourth-order valence-corrected chi connectivity index (χ4v) is 3.52. The van der Waals surface area contributed by atoms with Gasteiger partial charge in [0.1, 0.15) is 5.84 Å². The highest BCUT2D eigenvalue weighted by molar-refractivity contribution is 5.96. The summed E-state index contributed by atoms with van der Waals surface area (Å²) in [5.41, 5.74) is 10.8. The van der Waals surface area contributed by atoms with Gasteiger partial charge in [0.25, 0.3) is 0 Å². The maximum absolute atomic E-state index is 12.4. The second-order valence-electron chi connectivity index (χ2n) is 7.13. The van der Waals surface area contributed by atoms with Gasteiger partial charge in [0, 0.05) is 18.0 Å². The number of nitrogens with two attached hydrogens (primary N) is 1. The van der Waals surface area contributed by atoms with Crippen LogP contribution in [-0.2, 0) is 17.8 Å². The highest BCUT2D eigenvalue weighted by Gasteiger charge is 2.20. The van der Waals surface area contributed by atoms with Crippen molar-refractivity contribution in [2.24, 2.45) is 11.7 Å². The molecule has 0 spiro atoms. The summed E-state index contributed by atoms with van der Waals surface area (Å²) >= 11 is 0. The van der Waals surface area contributed by atoms with E-state index in [2.05, 4.69) is 35.8 Å². The Hall–Kier alpha value is -2.66. The van der Waals surface area contributed by atoms with Gasteiger partial charge in [0.2, 0.25) is 5.91 Å². The Bertz CT molecular complexity index is 825. The highest BCUT2D eigenvalue weighted by atomic mass is 16.1. The quantitative estimate of drug-likeness (QED) is 0.469. The molecule has 5 heteroatoms. The van der Waals surface area contributed by atoms with E-state index < -0.39 is 0 Å². The van der Waals surface area contributed by atoms with Gasteiger partial charge in [-0.15, -0.1) is 0 Å². The summed E-state index contributed by atoms with van der Waals surface area (Å²) in [5.74, 6) is 0.337. The molecule has 2 aromatic rings. The van der Waals surface area contributed by atoms with Crippen LogP contribution >= 0.6 is 0 Å². The molecule has 1 fully saturated rings. The number of carbonyl (C=O) groups is 1. The van der Waals surface area contributed by atoms with Crippen molar-refractivity contribution in [2.75, 3.05) is 13.1 Å². The zero-order chi connectivity index (χ0) is 19.2. The first-order chi connectivity index (χ1) is 13.1. The smallest absolute Gasteiger partial charge is 0.223 e. The van der Waals surface area contributed by atoms with E-state index in [4.69, 9.17) is 11.1 Å². The molecule has 1 aliphatic heterocycles. The van der Waals surface area contributed by atoms with Crippen LogP contribution in [0.2, 0.25) is 0 Å². The second kappa shape index (κ2) is 8.82. The molecule has 1 amide bonds. The van der Waals surface area contributed by atoms with Crippen molar-refractivity contribution in [2.45, 2.75) is 32.7 Å². The van der Waals surface area contributed by atoms with E-state index >= 15 is 0 Å². The molecule has 0 unspecified atom stereocenters. The minimum absolute atomic E-state index is 0.0676. The third-order valence-corrected chi connectivity index (χ3v) is 5.14. The van der Waals surface area contributed by atoms with E-state index in [1.54, 1.807) is 0 Å². The molecule has 5 N–H and O–H groups in total. The van der Waals surface area contributed by atoms with Crippen molar-refractivity contribution >= 4 is 11.7 Å². The molecule has 2 aromatic carbocycles. The number of aryl methyl sites for hydroxylation is 1. The van der Waals surface area contributed by atoms with Gasteiger partial charge in [0.05, 0.1) is 0 Å². The molecule has 142 valence electrons. The molecule has 0 radical (unpaired) electrons. The van der Waals surface area contributed by atoms with E-state index in [1.165, 1.54) is 5.56 Å². The molecule has 0 atom stereocenters. The average Bonchev–Trinajstić information content (AvgIpc) is 2.72. The molecule has 1 saturated heterocycles. The Morgan fingerprint density at radius 2 is 1.89 bits per heavy atom. The molecule has 27 heavy (non-hydrogen) atoms. The Kier molecular flexibility index (Phi) is 6.24. The number of piperidine rings is 1. The van der Waals surface area contributed by atoms with Crippen LogP contribution in [0, 0.1) is 11.3 Å². The number of amidine groups is 1. The van der Waals surface area contributed by atoms with Crippen LogP contribution in [0.4, 0.5) is 0 Å². The molecular weight excluding hydrogens is 336 g/mol. The SMILES string of the molecule is CCc1cc(CNC(=O)C2CCNCC2)cc(-c2cccc(C(=N)N)c2)c1. The summed E-state index contributed by atoms with van der Waals surface area (Å²) in [5, 5.41) is 14.1. The van der Waals surface area contributed by atoms with Crippen LogP contribution in [0.3, 0.4) is 0 Å². The van der Waals surface area contributed by atoms with Crippen molar-refractivity contribution in [3.63, 3.8) is 0 Å². The first-order valence-corrected chi connectivity index (χ1v) is 9.63. The van der Waals surface area contributed by atoms with Crippen molar-refractivity contribution in [3.8, 4) is 11.1 Å². The van der Waals surface area contributed by atoms with Crippen LogP contribution in [0.25, 0.3) is 11.1 Å². The number of nitrogen functional groups attached to an aromatic ring is 1. The lowest BCUT2D eigenvalue weighted by Gasteiger charge is -2.22. The summed E-state index contributed by atoms with van der Waals surface area (Å²) < 4.78 is 0. The fourth-order valence-electron chi connectivity index (χ4n) is 3.52. The third-order valence-electron chi connectivity index (χ3n) is 5.14. The molecule has 3 rings (SSSR count). The van der Waals surface area contributed by atoms with Gasteiger partial charge in [-0.3, -0.25) is 10.2 Å². The Morgan fingerprint density at radius 3 is 2.59 bits per heavy atom. The van der Waals surface area contributed by atoms with Crippen molar-refractivity contribution in [3.05, 3.63) is 59.2 Å². The summed E-state index contributed by atoms with van der Waals surface area (Å²) in [4.78, 5) is 12.4. The number of hydrogen-bond donors (Lipinski definition) is 4. The predicted octanol–water partition coefficient (Wildman–Crippen LogP) is 2.82. The van der Waals surface area contributed by atoms with Crippen LogP contribution in [0.5, 0.6) is 0 Å². The Labute approximate surface area is 160 Å². The summed E-state index contributed by atoms with van der Waals surface area (Å²) in [6.07, 6.45) is 2.74. The van der Waals surface area contributed by atoms with Crippen LogP contribution in [-0.4, -0.2) is 24.8 Å². The Morgan fingerprint density at radius 1 is 1.15 bits per heavy atom. The van der Waals surface area contributed by atoms with E-state index in [0.29, 0.717) is 6.54 Å². The molecular formula is C22H28N4O. The molecule has 5 nitrogen and oxygen atoms in total. The first-order valence-electron chi connectivity index (χ1n) is 9.63. The Balaban J connectivity index is 1.78. The van der Waals surface area contributed by atoms with Crippen molar-refractivity contribution in [1.29, 1.82) is 5.41 Å². The first kappa shape index (κ1) is 19.1. The number of amides is 1. The summed E-state index contributed by atoms with van der Waals surface area (Å²) in [7, 11) is 0. The van der Waals surface area contributed by atoms with Crippen molar-refractivity contribution < 1.29 is 4.79 Å². The van der Waals surface area contributed by atoms with Gasteiger partial charge in [-0.1, -0.05) is 37.3 Å². The maximum atomic E-state index is 12.4. The zero-order valence-electron chi connectivity index (χ0n) is 15.8. The predicted molar refractivity (Wildman–Crippen MR) is 110 cm³/mol. The number of carbonyl (C=O) groups excluding carboxylic acids is 1. The second-order valence-corrected chi connectivity index (χ2v) is 7.13.